The highest BCUT2D eigenvalue weighted by Gasteiger charge is 2.46. The van der Waals surface area contributed by atoms with E-state index < -0.39 is 71.4 Å². The van der Waals surface area contributed by atoms with Crippen LogP contribution in [0, 0.1) is 0 Å². The summed E-state index contributed by atoms with van der Waals surface area (Å²) < 4.78 is 48.1. The molecule has 0 aromatic carbocycles. The highest BCUT2D eigenvalue weighted by Crippen LogP contribution is 2.59. The van der Waals surface area contributed by atoms with E-state index in [1.807, 2.05) is 0 Å². The summed E-state index contributed by atoms with van der Waals surface area (Å²) in [6, 6.07) is 0. The van der Waals surface area contributed by atoms with Gasteiger partial charge in [0.05, 0.1) is 18.8 Å². The number of carbonyl (C=O) groups is 1. The minimum atomic E-state index is -5.70. The first-order valence-electron chi connectivity index (χ1n) is 10.4. The maximum Gasteiger partial charge on any atom is 0.478 e. The number of carbonyl (C=O) groups excluding carboxylic acids is 1. The Morgan fingerprint density at radius 1 is 1.22 bits per heavy atom. The van der Waals surface area contributed by atoms with Crippen LogP contribution in [0.25, 0.3) is 0 Å². The number of hydrogen-bond donors (Lipinski definition) is 7. The van der Waals surface area contributed by atoms with Gasteiger partial charge in [-0.25, -0.2) is 8.88 Å². The molecule has 1 amide bonds. The second kappa shape index (κ2) is 11.5. The summed E-state index contributed by atoms with van der Waals surface area (Å²) in [5.41, 5.74) is 0.342. The molecule has 3 heterocycles. The Balaban J connectivity index is 1.56. The number of phosphoric acid groups is 2. The van der Waals surface area contributed by atoms with Crippen molar-refractivity contribution < 1.29 is 67.0 Å². The lowest BCUT2D eigenvalue weighted by atomic mass is 10.0. The summed E-state index contributed by atoms with van der Waals surface area (Å²) in [5.74, 6) is -0.377. The summed E-state index contributed by atoms with van der Waals surface area (Å²) in [6.07, 6.45) is -10.6. The zero-order valence-electron chi connectivity index (χ0n) is 18.7. The van der Waals surface area contributed by atoms with Crippen molar-refractivity contribution in [1.82, 2.24) is 10.2 Å². The summed E-state index contributed by atoms with van der Waals surface area (Å²) in [7, 11) is -11.1. The second-order valence-corrected chi connectivity index (χ2v) is 11.5. The van der Waals surface area contributed by atoms with Crippen molar-refractivity contribution in [2.24, 2.45) is 0 Å². The summed E-state index contributed by atoms with van der Waals surface area (Å²) in [4.78, 5) is 35.1. The third-order valence-electron chi connectivity index (χ3n) is 5.46. The predicted octanol–water partition coefficient (Wildman–Crippen LogP) is -2.37. The van der Waals surface area contributed by atoms with Crippen molar-refractivity contribution in [1.29, 1.82) is 0 Å². The molecule has 6 N–H and O–H groups in total. The smallest absolute Gasteiger partial charge is 0.478 e. The third-order valence-corrected chi connectivity index (χ3v) is 8.39. The first-order chi connectivity index (χ1) is 16.6. The van der Waals surface area contributed by atoms with E-state index in [-0.39, 0.29) is 23.9 Å². The van der Waals surface area contributed by atoms with Gasteiger partial charge in [0.2, 0.25) is 0 Å². The number of nitrogens with one attached hydrogen (secondary N) is 1. The molecule has 3 rings (SSSR count). The van der Waals surface area contributed by atoms with Crippen LogP contribution in [0.15, 0.2) is 24.2 Å². The van der Waals surface area contributed by atoms with Gasteiger partial charge in [0.15, 0.2) is 6.29 Å². The van der Waals surface area contributed by atoms with Crippen LogP contribution in [0.3, 0.4) is 0 Å². The molecule has 0 saturated carbocycles. The van der Waals surface area contributed by atoms with Gasteiger partial charge in [0.25, 0.3) is 13.7 Å². The Hall–Kier alpha value is -0.880. The van der Waals surface area contributed by atoms with E-state index >= 15 is 0 Å². The van der Waals surface area contributed by atoms with Crippen molar-refractivity contribution in [2.75, 3.05) is 12.4 Å². The first kappa shape index (κ1) is 29.7. The summed E-state index contributed by atoms with van der Waals surface area (Å²) >= 11 is 3.87. The Morgan fingerprint density at radius 3 is 2.53 bits per heavy atom. The van der Waals surface area contributed by atoms with Gasteiger partial charge in [-0.05, 0) is 6.92 Å². The van der Waals surface area contributed by atoms with E-state index in [4.69, 9.17) is 9.47 Å². The first-order valence-corrected chi connectivity index (χ1v) is 14.0. The number of aliphatic hydroxyl groups excluding tert-OH is 4. The van der Waals surface area contributed by atoms with Crippen molar-refractivity contribution >= 4 is 34.2 Å². The molecule has 2 saturated heterocycles. The van der Waals surface area contributed by atoms with E-state index in [0.29, 0.717) is 5.57 Å². The average molecular weight is 577 g/mol. The lowest BCUT2D eigenvalue weighted by Crippen LogP contribution is -2.58. The molecule has 206 valence electrons. The number of thiol groups is 1. The highest BCUT2D eigenvalue weighted by molar-refractivity contribution is 7.80. The molecule has 0 aliphatic carbocycles. The molecular weight excluding hydrogens is 550 g/mol. The number of ether oxygens (including phenoxy) is 2. The molecule has 0 spiro atoms. The molecular formula is C17H27N2O14P2S-. The minimum Gasteiger partial charge on any atom is -0.756 e. The van der Waals surface area contributed by atoms with Gasteiger partial charge in [-0.2, -0.15) is 12.6 Å². The van der Waals surface area contributed by atoms with Crippen LogP contribution < -0.4 is 10.2 Å². The van der Waals surface area contributed by atoms with E-state index in [2.05, 4.69) is 37.9 Å². The van der Waals surface area contributed by atoms with Crippen molar-refractivity contribution in [3.8, 4) is 0 Å². The molecule has 2 fully saturated rings. The fourth-order valence-electron chi connectivity index (χ4n) is 3.55. The number of nitrogens with zero attached hydrogens (tertiary/aromatic N) is 1. The monoisotopic (exact) mass is 577 g/mol. The van der Waals surface area contributed by atoms with Crippen LogP contribution in [0.2, 0.25) is 0 Å². The van der Waals surface area contributed by atoms with Crippen molar-refractivity contribution in [3.05, 3.63) is 24.2 Å². The molecule has 3 aliphatic heterocycles. The summed E-state index contributed by atoms with van der Waals surface area (Å²) in [5, 5.41) is 42.2. The largest absolute Gasteiger partial charge is 0.756 e. The maximum absolute atomic E-state index is 12.2. The Labute approximate surface area is 210 Å². The van der Waals surface area contributed by atoms with Gasteiger partial charge < -0.3 is 49.9 Å². The Bertz CT molecular complexity index is 981. The zero-order valence-corrected chi connectivity index (χ0v) is 21.4. The SMILES string of the molecule is C=C1NC(=O)C(C)=CN1[C@H]1C[C@@H](O)[C@@H](COP(=O)(O)OP(=O)([O-])O[C@@H]2OC(CS)[C@H](O)[C@H](O)C2O)O1. The number of aliphatic hydroxyl groups is 4. The minimum absolute atomic E-state index is 0.0101. The maximum atomic E-state index is 12.2. The molecule has 19 heteroatoms. The fraction of sp³-hybridized carbons (Fsp3) is 0.706. The van der Waals surface area contributed by atoms with Gasteiger partial charge in [0, 0.05) is 23.9 Å². The predicted molar refractivity (Wildman–Crippen MR) is 118 cm³/mol. The van der Waals surface area contributed by atoms with Crippen LogP contribution in [0.5, 0.6) is 0 Å². The normalized spacial score (nSPS) is 38.8. The van der Waals surface area contributed by atoms with Gasteiger partial charge >= 0.3 is 7.82 Å². The van der Waals surface area contributed by atoms with E-state index in [1.165, 1.54) is 11.1 Å². The second-order valence-electron chi connectivity index (χ2n) is 8.15. The quantitative estimate of drug-likeness (QED) is 0.112. The molecule has 0 radical (unpaired) electrons. The Kier molecular flexibility index (Phi) is 9.46. The topological polar surface area (TPSA) is 237 Å². The lowest BCUT2D eigenvalue weighted by molar-refractivity contribution is -0.295. The van der Waals surface area contributed by atoms with Gasteiger partial charge in [-0.3, -0.25) is 18.4 Å². The van der Waals surface area contributed by atoms with Gasteiger partial charge in [-0.15, -0.1) is 0 Å². The molecule has 0 bridgehead atoms. The zero-order chi connectivity index (χ0) is 27.0. The fourth-order valence-corrected chi connectivity index (χ4v) is 5.97. The van der Waals surface area contributed by atoms with E-state index in [0.717, 1.165) is 0 Å². The summed E-state index contributed by atoms with van der Waals surface area (Å²) in [6.45, 7) is 4.45. The van der Waals surface area contributed by atoms with Gasteiger partial charge in [-0.1, -0.05) is 6.58 Å². The van der Waals surface area contributed by atoms with Crippen LogP contribution >= 0.6 is 28.3 Å². The van der Waals surface area contributed by atoms with Crippen molar-refractivity contribution in [2.45, 2.75) is 62.5 Å². The standard InChI is InChI=1S/C17H28N2O14P2S/c1-7-4-19(8(2)18-16(7)24)12-3-9(20)10(30-12)5-29-34(25,26)33-35(27,28)32-17-15(23)14(22)13(21)11(6-36)31-17/h4,9-15,17,20-23,36H,2-3,5-6H2,1H3,(H,18,24)(H,25,26)(H,27,28)/p-1/t9-,10-,11?,12-,13+,14+,15?,17+/m1/s1. The van der Waals surface area contributed by atoms with E-state index in [9.17, 15) is 44.1 Å². The van der Waals surface area contributed by atoms with Crippen molar-refractivity contribution in [3.63, 3.8) is 0 Å². The lowest BCUT2D eigenvalue weighted by Gasteiger charge is -2.41. The third kappa shape index (κ3) is 6.95. The molecule has 4 unspecified atom stereocenters. The number of hydrogen-bond acceptors (Lipinski definition) is 15. The molecule has 36 heavy (non-hydrogen) atoms. The molecule has 0 aromatic rings. The van der Waals surface area contributed by atoms with Crippen LogP contribution in [0.4, 0.5) is 0 Å². The van der Waals surface area contributed by atoms with Crippen LogP contribution in [-0.4, -0.2) is 97.6 Å². The van der Waals surface area contributed by atoms with E-state index in [1.54, 1.807) is 6.92 Å². The Morgan fingerprint density at radius 2 is 1.89 bits per heavy atom. The number of rotatable bonds is 9. The molecule has 0 aromatic heterocycles. The van der Waals surface area contributed by atoms with Crippen LogP contribution in [-0.2, 0) is 36.8 Å². The number of amides is 1. The molecule has 10 atom stereocenters. The highest BCUT2D eigenvalue weighted by atomic mass is 32.1. The number of phosphoric ester groups is 2. The van der Waals surface area contributed by atoms with Gasteiger partial charge in [0.1, 0.15) is 36.5 Å². The molecule has 16 nitrogen and oxygen atoms in total. The molecule has 3 aliphatic rings. The average Bonchev–Trinajstić information content (AvgIpc) is 3.14. The van der Waals surface area contributed by atoms with Crippen LogP contribution in [0.1, 0.15) is 13.3 Å².